The van der Waals surface area contributed by atoms with Gasteiger partial charge in [-0.3, -0.25) is 4.98 Å². The highest BCUT2D eigenvalue weighted by atomic mass is 32.2. The van der Waals surface area contributed by atoms with Crippen LogP contribution < -0.4 is 0 Å². The molecule has 0 atom stereocenters. The van der Waals surface area contributed by atoms with E-state index in [4.69, 9.17) is 0 Å². The lowest BCUT2D eigenvalue weighted by molar-refractivity contribution is 0.749. The van der Waals surface area contributed by atoms with Crippen LogP contribution in [-0.2, 0) is 4.75 Å². The maximum absolute atomic E-state index is 4.30. The van der Waals surface area contributed by atoms with Crippen LogP contribution in [0.3, 0.4) is 0 Å². The van der Waals surface area contributed by atoms with Crippen LogP contribution in [0.4, 0.5) is 0 Å². The lowest BCUT2D eigenvalue weighted by Crippen LogP contribution is -2.12. The van der Waals surface area contributed by atoms with Crippen molar-refractivity contribution in [3.63, 3.8) is 0 Å². The van der Waals surface area contributed by atoms with E-state index < -0.39 is 0 Å². The van der Waals surface area contributed by atoms with E-state index in [1.165, 1.54) is 0 Å². The van der Waals surface area contributed by atoms with E-state index in [0.717, 1.165) is 5.69 Å². The Bertz CT molecular complexity index is 218. The quantitative estimate of drug-likeness (QED) is 0.671. The van der Waals surface area contributed by atoms with Gasteiger partial charge < -0.3 is 0 Å². The Morgan fingerprint density at radius 2 is 2.09 bits per heavy atom. The molecule has 1 heterocycles. The van der Waals surface area contributed by atoms with Crippen molar-refractivity contribution in [2.45, 2.75) is 18.6 Å². The summed E-state index contributed by atoms with van der Waals surface area (Å²) < 4.78 is 0.140. The number of pyridine rings is 1. The molecule has 2 heteroatoms. The first kappa shape index (κ1) is 8.60. The fourth-order valence-corrected chi connectivity index (χ4v) is 1.15. The smallest absolute Gasteiger partial charge is 0.0558 e. The van der Waals surface area contributed by atoms with Crippen LogP contribution in [0.1, 0.15) is 19.5 Å². The number of hydrogen-bond donors (Lipinski definition) is 0. The molecule has 1 aromatic rings. The van der Waals surface area contributed by atoms with Gasteiger partial charge in [0, 0.05) is 6.20 Å². The number of thioether (sulfide) groups is 1. The predicted molar refractivity (Wildman–Crippen MR) is 50.8 cm³/mol. The molecule has 0 fully saturated rings. The zero-order valence-electron chi connectivity index (χ0n) is 7.16. The first-order valence-electron chi connectivity index (χ1n) is 3.63. The molecule has 1 rings (SSSR count). The highest BCUT2D eigenvalue weighted by Gasteiger charge is 2.19. The van der Waals surface area contributed by atoms with E-state index in [2.05, 4.69) is 31.2 Å². The average Bonchev–Trinajstić information content (AvgIpc) is 2.06. The van der Waals surface area contributed by atoms with Crippen molar-refractivity contribution in [3.8, 4) is 0 Å². The molecule has 0 spiro atoms. The molecule has 0 amide bonds. The molecule has 0 aliphatic heterocycles. The van der Waals surface area contributed by atoms with E-state index in [1.807, 2.05) is 30.1 Å². The third-order valence-electron chi connectivity index (χ3n) is 1.79. The van der Waals surface area contributed by atoms with Crippen molar-refractivity contribution < 1.29 is 0 Å². The number of rotatable bonds is 2. The van der Waals surface area contributed by atoms with Crippen molar-refractivity contribution in [2.75, 3.05) is 6.26 Å². The number of nitrogens with zero attached hydrogens (tertiary/aromatic N) is 1. The molecule has 0 saturated heterocycles. The summed E-state index contributed by atoms with van der Waals surface area (Å²) in [6.45, 7) is 4.36. The minimum atomic E-state index is 0.140. The normalized spacial score (nSPS) is 11.5. The van der Waals surface area contributed by atoms with Gasteiger partial charge in [0.15, 0.2) is 0 Å². The first-order chi connectivity index (χ1) is 5.17. The first-order valence-corrected chi connectivity index (χ1v) is 4.86. The van der Waals surface area contributed by atoms with E-state index in [0.29, 0.717) is 0 Å². The number of hydrogen-bond acceptors (Lipinski definition) is 2. The molecule has 0 unspecified atom stereocenters. The minimum Gasteiger partial charge on any atom is -0.260 e. The van der Waals surface area contributed by atoms with Crippen LogP contribution in [0.15, 0.2) is 24.4 Å². The van der Waals surface area contributed by atoms with Gasteiger partial charge in [0.1, 0.15) is 0 Å². The molecule has 1 aromatic heterocycles. The third kappa shape index (κ3) is 1.96. The Hall–Kier alpha value is -0.500. The largest absolute Gasteiger partial charge is 0.260 e. The van der Waals surface area contributed by atoms with E-state index in [1.54, 1.807) is 0 Å². The van der Waals surface area contributed by atoms with Crippen LogP contribution >= 0.6 is 11.8 Å². The lowest BCUT2D eigenvalue weighted by Gasteiger charge is -2.20. The van der Waals surface area contributed by atoms with Crippen LogP contribution in [0, 0.1) is 0 Å². The van der Waals surface area contributed by atoms with E-state index >= 15 is 0 Å². The molecule has 0 aromatic carbocycles. The van der Waals surface area contributed by atoms with Gasteiger partial charge in [-0.15, -0.1) is 0 Å². The summed E-state index contributed by atoms with van der Waals surface area (Å²) in [5.41, 5.74) is 1.15. The van der Waals surface area contributed by atoms with Crippen molar-refractivity contribution in [3.05, 3.63) is 30.1 Å². The molecule has 11 heavy (non-hydrogen) atoms. The summed E-state index contributed by atoms with van der Waals surface area (Å²) in [6.07, 6.45) is 3.95. The van der Waals surface area contributed by atoms with Crippen LogP contribution in [0.25, 0.3) is 0 Å². The zero-order valence-corrected chi connectivity index (χ0v) is 7.98. The predicted octanol–water partition coefficient (Wildman–Crippen LogP) is 2.68. The standard InChI is InChI=1S/C9H13NS/c1-9(2,11-3)8-6-4-5-7-10-8/h4-7H,1-3H3. The van der Waals surface area contributed by atoms with Crippen LogP contribution in [0.2, 0.25) is 0 Å². The fourth-order valence-electron chi connectivity index (χ4n) is 0.823. The van der Waals surface area contributed by atoms with Crippen molar-refractivity contribution >= 4 is 11.8 Å². The Kier molecular flexibility index (Phi) is 2.55. The highest BCUT2D eigenvalue weighted by Crippen LogP contribution is 2.31. The fraction of sp³-hybridized carbons (Fsp3) is 0.444. The minimum absolute atomic E-state index is 0.140. The summed E-state index contributed by atoms with van der Waals surface area (Å²) in [4.78, 5) is 4.30. The molecule has 0 N–H and O–H groups in total. The van der Waals surface area contributed by atoms with Gasteiger partial charge in [-0.05, 0) is 32.2 Å². The second-order valence-electron chi connectivity index (χ2n) is 2.93. The second-order valence-corrected chi connectivity index (χ2v) is 4.36. The molecule has 60 valence electrons. The van der Waals surface area contributed by atoms with Gasteiger partial charge in [-0.2, -0.15) is 11.8 Å². The third-order valence-corrected chi connectivity index (χ3v) is 3.02. The van der Waals surface area contributed by atoms with Crippen molar-refractivity contribution in [2.24, 2.45) is 0 Å². The van der Waals surface area contributed by atoms with Gasteiger partial charge >= 0.3 is 0 Å². The second kappa shape index (κ2) is 3.26. The molecule has 0 aliphatic carbocycles. The van der Waals surface area contributed by atoms with Crippen molar-refractivity contribution in [1.82, 2.24) is 4.98 Å². The highest BCUT2D eigenvalue weighted by molar-refractivity contribution is 7.99. The summed E-state index contributed by atoms with van der Waals surface area (Å²) in [6, 6.07) is 6.04. The molecular formula is C9H13NS. The number of aromatic nitrogens is 1. The van der Waals surface area contributed by atoms with E-state index in [-0.39, 0.29) is 4.75 Å². The summed E-state index contributed by atoms with van der Waals surface area (Å²) in [7, 11) is 0. The maximum Gasteiger partial charge on any atom is 0.0558 e. The average molecular weight is 167 g/mol. The molecule has 1 nitrogen and oxygen atoms in total. The maximum atomic E-state index is 4.30. The molecule has 0 radical (unpaired) electrons. The van der Waals surface area contributed by atoms with Gasteiger partial charge in [-0.1, -0.05) is 6.07 Å². The zero-order chi connectivity index (χ0) is 8.32. The SMILES string of the molecule is CSC(C)(C)c1ccccn1. The van der Waals surface area contributed by atoms with Gasteiger partial charge in [0.2, 0.25) is 0 Å². The summed E-state index contributed by atoms with van der Waals surface area (Å²) >= 11 is 1.82. The lowest BCUT2D eigenvalue weighted by atomic mass is 10.1. The molecular weight excluding hydrogens is 154 g/mol. The summed E-state index contributed by atoms with van der Waals surface area (Å²) in [5, 5.41) is 0. The van der Waals surface area contributed by atoms with Crippen LogP contribution in [-0.4, -0.2) is 11.2 Å². The molecule has 0 saturated carbocycles. The Morgan fingerprint density at radius 3 is 2.55 bits per heavy atom. The Morgan fingerprint density at radius 1 is 1.36 bits per heavy atom. The topological polar surface area (TPSA) is 12.9 Å². The van der Waals surface area contributed by atoms with Crippen molar-refractivity contribution in [1.29, 1.82) is 0 Å². The summed E-state index contributed by atoms with van der Waals surface area (Å²) in [5.74, 6) is 0. The van der Waals surface area contributed by atoms with Gasteiger partial charge in [-0.25, -0.2) is 0 Å². The Labute approximate surface area is 72.2 Å². The van der Waals surface area contributed by atoms with Gasteiger partial charge in [0.25, 0.3) is 0 Å². The van der Waals surface area contributed by atoms with E-state index in [9.17, 15) is 0 Å². The monoisotopic (exact) mass is 167 g/mol. The van der Waals surface area contributed by atoms with Crippen LogP contribution in [0.5, 0.6) is 0 Å². The Balaban J connectivity index is 2.93. The van der Waals surface area contributed by atoms with Gasteiger partial charge in [0.05, 0.1) is 10.4 Å². The molecule has 0 aliphatic rings. The molecule has 0 bridgehead atoms.